The van der Waals surface area contributed by atoms with E-state index < -0.39 is 0 Å². The number of hydrogen-bond donors (Lipinski definition) is 2. The zero-order valence-corrected chi connectivity index (χ0v) is 41.8. The first-order valence-electron chi connectivity index (χ1n) is 25.3. The number of likely N-dealkylation sites (tertiary alicyclic amines) is 1. The maximum Gasteiger partial charge on any atom is 0.259 e. The third kappa shape index (κ3) is 10.8. The Bertz CT molecular complexity index is 2820. The fraction of sp³-hybridized carbons (Fsp3) is 0.473. The summed E-state index contributed by atoms with van der Waals surface area (Å²) in [6.07, 6.45) is 16.1. The number of unbranched alkanes of at least 4 members (excludes halogenated alkanes) is 2. The van der Waals surface area contributed by atoms with Crippen LogP contribution in [0, 0.1) is 0 Å². The fourth-order valence-corrected chi connectivity index (χ4v) is 11.0. The van der Waals surface area contributed by atoms with Crippen LogP contribution >= 0.6 is 11.6 Å². The number of piperidine rings is 1. The minimum Gasteiger partial charge on any atom is -0.496 e. The number of nitrogens with two attached hydrogens (primary N) is 1. The van der Waals surface area contributed by atoms with Gasteiger partial charge < -0.3 is 39.6 Å². The van der Waals surface area contributed by atoms with Crippen LogP contribution in [0.25, 0.3) is 32.8 Å². The smallest absolute Gasteiger partial charge is 0.259 e. The highest BCUT2D eigenvalue weighted by molar-refractivity contribution is 6.30. The number of carbonyl (C=O) groups excluding carboxylic acids is 1. The van der Waals surface area contributed by atoms with Crippen LogP contribution in [0.1, 0.15) is 87.6 Å². The summed E-state index contributed by atoms with van der Waals surface area (Å²) >= 11 is 6.34. The number of amides is 1. The minimum absolute atomic E-state index is 0.0921. The zero-order valence-electron chi connectivity index (χ0n) is 41.1. The van der Waals surface area contributed by atoms with Gasteiger partial charge in [-0.3, -0.25) is 19.5 Å². The lowest BCUT2D eigenvalue weighted by Gasteiger charge is -2.37. The van der Waals surface area contributed by atoms with Crippen molar-refractivity contribution in [1.82, 2.24) is 29.3 Å². The van der Waals surface area contributed by atoms with Crippen molar-refractivity contribution in [2.45, 2.75) is 88.7 Å². The number of methoxy groups -OCH3 is 2. The van der Waals surface area contributed by atoms with Crippen LogP contribution in [0.2, 0.25) is 5.02 Å². The molecule has 3 fully saturated rings. The highest BCUT2D eigenvalue weighted by Crippen LogP contribution is 2.45. The van der Waals surface area contributed by atoms with Crippen molar-refractivity contribution in [2.24, 2.45) is 12.8 Å². The van der Waals surface area contributed by atoms with Gasteiger partial charge in [0.1, 0.15) is 23.1 Å². The molecule has 14 nitrogen and oxygen atoms in total. The molecule has 0 unspecified atom stereocenters. The van der Waals surface area contributed by atoms with Crippen LogP contribution in [-0.4, -0.2) is 115 Å². The molecule has 3 aromatic heterocycles. The first kappa shape index (κ1) is 49.2. The minimum atomic E-state index is -0.281. The Labute approximate surface area is 416 Å². The van der Waals surface area contributed by atoms with E-state index in [0.29, 0.717) is 50.3 Å². The van der Waals surface area contributed by atoms with Gasteiger partial charge in [0.05, 0.1) is 36.6 Å². The van der Waals surface area contributed by atoms with Gasteiger partial charge in [0.2, 0.25) is 5.91 Å². The molecule has 1 amide bonds. The molecule has 6 aromatic rings. The number of pyridine rings is 2. The lowest BCUT2D eigenvalue weighted by atomic mass is 9.68. The molecule has 370 valence electrons. The van der Waals surface area contributed by atoms with Gasteiger partial charge in [-0.25, -0.2) is 9.97 Å². The van der Waals surface area contributed by atoms with Crippen molar-refractivity contribution in [3.63, 3.8) is 0 Å². The summed E-state index contributed by atoms with van der Waals surface area (Å²) < 4.78 is 19.7. The van der Waals surface area contributed by atoms with Crippen molar-refractivity contribution in [3.8, 4) is 22.6 Å². The Morgan fingerprint density at radius 2 is 1.60 bits per heavy atom. The van der Waals surface area contributed by atoms with E-state index in [4.69, 9.17) is 41.5 Å². The van der Waals surface area contributed by atoms with Crippen molar-refractivity contribution in [3.05, 3.63) is 112 Å². The van der Waals surface area contributed by atoms with Crippen LogP contribution in [-0.2, 0) is 28.5 Å². The summed E-state index contributed by atoms with van der Waals surface area (Å²) in [5.74, 6) is 3.40. The Morgan fingerprint density at radius 3 is 2.34 bits per heavy atom. The standard InChI is InChI=1S/C55H68ClN9O5/c1-62-24-19-43-46(35-58-36-47(43)53(62)67)45-34-49(68-2)38(32-50(45)69-3)37-63-25-17-42(18-26-63)70-31-9-4-6-10-51(66)65-29-27-64(28-30-65)41-15-16-44-48(33-41)60-54(61-52(44)59-23-22-57)55(20-7-5-8-21-55)39-11-13-40(56)14-12-39/h11-16,19,24,32-36,42H,4-10,17-18,20-23,25-31,37,57H2,1-3H3,(H,59,60,61). The summed E-state index contributed by atoms with van der Waals surface area (Å²) in [5.41, 5.74) is 11.5. The molecule has 1 saturated carbocycles. The molecule has 9 rings (SSSR count). The number of benzene rings is 3. The summed E-state index contributed by atoms with van der Waals surface area (Å²) in [5, 5.41) is 6.59. The van der Waals surface area contributed by atoms with E-state index in [-0.39, 0.29) is 23.0 Å². The SMILES string of the molecule is COc1cc(-c2cncc3c(=O)n(C)ccc23)c(OC)cc1CN1CCC(OCCCCCC(=O)N2CCN(c3ccc4c(NCCN)nc(C5(c6ccc(Cl)cc6)CCCCC5)nc4c3)CC2)CC1. The Hall–Kier alpha value is -5.80. The Balaban J connectivity index is 0.724. The molecule has 1 aliphatic carbocycles. The second-order valence-corrected chi connectivity index (χ2v) is 19.7. The van der Waals surface area contributed by atoms with Gasteiger partial charge in [0, 0.05) is 130 Å². The highest BCUT2D eigenvalue weighted by atomic mass is 35.5. The van der Waals surface area contributed by atoms with Gasteiger partial charge in [0.25, 0.3) is 5.56 Å². The van der Waals surface area contributed by atoms with Gasteiger partial charge in [-0.05, 0) is 98.0 Å². The fourth-order valence-electron chi connectivity index (χ4n) is 10.8. The number of halogens is 1. The Morgan fingerprint density at radius 1 is 0.829 bits per heavy atom. The largest absolute Gasteiger partial charge is 0.496 e. The van der Waals surface area contributed by atoms with Gasteiger partial charge in [0.15, 0.2) is 0 Å². The monoisotopic (exact) mass is 970 g/mol. The molecule has 2 saturated heterocycles. The maximum atomic E-state index is 13.4. The van der Waals surface area contributed by atoms with Crippen molar-refractivity contribution in [1.29, 1.82) is 0 Å². The molecule has 3 aromatic carbocycles. The lowest BCUT2D eigenvalue weighted by molar-refractivity contribution is -0.131. The lowest BCUT2D eigenvalue weighted by Crippen LogP contribution is -2.48. The average molecular weight is 971 g/mol. The van der Waals surface area contributed by atoms with Crippen LogP contribution in [0.3, 0.4) is 0 Å². The molecular formula is C55H68ClN9O5. The summed E-state index contributed by atoms with van der Waals surface area (Å²) in [6.45, 7) is 7.37. The van der Waals surface area contributed by atoms with Gasteiger partial charge in [-0.1, -0.05) is 49.4 Å². The number of carbonyl (C=O) groups is 1. The average Bonchev–Trinajstić information content (AvgIpc) is 3.40. The molecule has 0 atom stereocenters. The predicted octanol–water partition coefficient (Wildman–Crippen LogP) is 8.73. The van der Waals surface area contributed by atoms with E-state index in [1.807, 2.05) is 35.2 Å². The third-order valence-corrected chi connectivity index (χ3v) is 15.1. The third-order valence-electron chi connectivity index (χ3n) is 14.9. The molecule has 0 radical (unpaired) electrons. The molecule has 3 aliphatic rings. The van der Waals surface area contributed by atoms with E-state index in [0.717, 1.165) is 152 Å². The number of ether oxygens (including phenoxy) is 3. The number of piperazine rings is 1. The number of rotatable bonds is 18. The predicted molar refractivity (Wildman–Crippen MR) is 279 cm³/mol. The summed E-state index contributed by atoms with van der Waals surface area (Å²) in [4.78, 5) is 48.0. The Kier molecular flexibility index (Phi) is 15.8. The number of nitrogens with one attached hydrogen (secondary N) is 1. The molecule has 70 heavy (non-hydrogen) atoms. The number of aryl methyl sites for hydroxylation is 1. The normalized spacial score (nSPS) is 16.8. The number of anilines is 2. The van der Waals surface area contributed by atoms with E-state index in [2.05, 4.69) is 50.4 Å². The molecule has 0 spiro atoms. The molecule has 15 heteroatoms. The second-order valence-electron chi connectivity index (χ2n) is 19.2. The van der Waals surface area contributed by atoms with Gasteiger partial charge in [-0.2, -0.15) is 0 Å². The molecule has 2 aliphatic heterocycles. The number of aromatic nitrogens is 4. The van der Waals surface area contributed by atoms with E-state index in [1.165, 1.54) is 12.0 Å². The second kappa shape index (κ2) is 22.5. The van der Waals surface area contributed by atoms with Gasteiger partial charge in [-0.15, -0.1) is 0 Å². The van der Waals surface area contributed by atoms with Crippen LogP contribution in [0.5, 0.6) is 11.5 Å². The van der Waals surface area contributed by atoms with E-state index in [9.17, 15) is 9.59 Å². The molecule has 5 heterocycles. The topological polar surface area (TPSA) is 153 Å². The van der Waals surface area contributed by atoms with E-state index >= 15 is 0 Å². The highest BCUT2D eigenvalue weighted by Gasteiger charge is 2.39. The first-order valence-corrected chi connectivity index (χ1v) is 25.6. The van der Waals surface area contributed by atoms with Gasteiger partial charge >= 0.3 is 0 Å². The summed E-state index contributed by atoms with van der Waals surface area (Å²) in [7, 11) is 5.10. The summed E-state index contributed by atoms with van der Waals surface area (Å²) in [6, 6.07) is 20.7. The first-order chi connectivity index (χ1) is 34.2. The maximum absolute atomic E-state index is 13.4. The van der Waals surface area contributed by atoms with Crippen molar-refractivity contribution < 1.29 is 19.0 Å². The van der Waals surface area contributed by atoms with Crippen molar-refractivity contribution in [2.75, 3.05) is 83.4 Å². The quantitative estimate of drug-likeness (QED) is 0.0793. The van der Waals surface area contributed by atoms with Crippen molar-refractivity contribution >= 4 is 50.7 Å². The number of nitrogens with zero attached hydrogens (tertiary/aromatic N) is 7. The molecule has 3 N–H and O–H groups in total. The van der Waals surface area contributed by atoms with Crippen LogP contribution in [0.15, 0.2) is 84.0 Å². The number of hydrogen-bond acceptors (Lipinski definition) is 12. The zero-order chi connectivity index (χ0) is 48.6. The number of fused-ring (bicyclic) bond motifs is 2. The van der Waals surface area contributed by atoms with Crippen LogP contribution in [0.4, 0.5) is 11.5 Å². The van der Waals surface area contributed by atoms with E-state index in [1.54, 1.807) is 44.4 Å². The molecular weight excluding hydrogens is 902 g/mol. The van der Waals surface area contributed by atoms with Crippen LogP contribution < -0.4 is 31.0 Å². The molecule has 0 bridgehead atoms.